The summed E-state index contributed by atoms with van der Waals surface area (Å²) in [5.74, 6) is 0. The highest BCUT2D eigenvalue weighted by Gasteiger charge is 2.35. The van der Waals surface area contributed by atoms with Gasteiger partial charge in [0.1, 0.15) is 0 Å². The summed E-state index contributed by atoms with van der Waals surface area (Å²) in [7, 11) is 0. The summed E-state index contributed by atoms with van der Waals surface area (Å²) in [6.45, 7) is 9.28. The van der Waals surface area contributed by atoms with Gasteiger partial charge < -0.3 is 4.57 Å². The zero-order valence-electron chi connectivity index (χ0n) is 31.0. The van der Waals surface area contributed by atoms with Gasteiger partial charge in [-0.2, -0.15) is 0 Å². The summed E-state index contributed by atoms with van der Waals surface area (Å²) in [5.41, 5.74) is 15.6. The Labute approximate surface area is 315 Å². The van der Waals surface area contributed by atoms with E-state index in [9.17, 15) is 0 Å². The number of hydrogen-bond donors (Lipinski definition) is 0. The second kappa shape index (κ2) is 11.3. The van der Waals surface area contributed by atoms with E-state index in [1.54, 1.807) is 0 Å². The van der Waals surface area contributed by atoms with E-state index in [2.05, 4.69) is 196 Å². The van der Waals surface area contributed by atoms with Crippen molar-refractivity contribution in [2.75, 3.05) is 0 Å². The van der Waals surface area contributed by atoms with Crippen molar-refractivity contribution in [3.63, 3.8) is 0 Å². The van der Waals surface area contributed by atoms with Crippen LogP contribution < -0.4 is 0 Å². The van der Waals surface area contributed by atoms with Crippen LogP contribution in [0.5, 0.6) is 0 Å². The molecule has 11 rings (SSSR count). The van der Waals surface area contributed by atoms with Crippen molar-refractivity contribution >= 4 is 54.0 Å². The summed E-state index contributed by atoms with van der Waals surface area (Å²) >= 11 is 0. The normalized spacial score (nSPS) is 13.3. The first kappa shape index (κ1) is 31.1. The van der Waals surface area contributed by atoms with Crippen molar-refractivity contribution in [2.24, 2.45) is 0 Å². The smallest absolute Gasteiger partial charge is 0.0612 e. The highest BCUT2D eigenvalue weighted by atomic mass is 15.0. The van der Waals surface area contributed by atoms with Gasteiger partial charge in [-0.1, -0.05) is 159 Å². The monoisotopic (exact) mass is 689 g/mol. The molecule has 0 saturated heterocycles. The van der Waals surface area contributed by atoms with Gasteiger partial charge in [-0.05, 0) is 114 Å². The van der Waals surface area contributed by atoms with Crippen LogP contribution in [0.2, 0.25) is 0 Å². The second-order valence-electron chi connectivity index (χ2n) is 15.7. The van der Waals surface area contributed by atoms with E-state index in [-0.39, 0.29) is 5.41 Å². The molecule has 1 aromatic heterocycles. The Morgan fingerprint density at radius 3 is 1.85 bits per heavy atom. The number of benzene rings is 9. The first-order valence-electron chi connectivity index (χ1n) is 19.1. The molecule has 0 amide bonds. The molecule has 0 spiro atoms. The van der Waals surface area contributed by atoms with Gasteiger partial charge in [0, 0.05) is 27.3 Å². The maximum atomic E-state index is 2.52. The standard InChI is InChI=1S/C53H39N/c1-32-33(2)54(51-29-28-40(41-14-7-8-16-47(41)51)36-21-20-34-12-5-6-13-35(34)30-36)52-38(32)24-25-44-42-18-11-17-39(43(42)26-27-48(44)52)37-22-23-46-45-15-9-10-19-49(45)53(3,4)50(46)31-37/h5-31H,1-4H3. The van der Waals surface area contributed by atoms with Crippen molar-refractivity contribution < 1.29 is 0 Å². The Hall–Kier alpha value is -6.44. The van der Waals surface area contributed by atoms with E-state index in [4.69, 9.17) is 0 Å². The maximum absolute atomic E-state index is 2.52. The minimum absolute atomic E-state index is 0.0379. The van der Waals surface area contributed by atoms with Crippen LogP contribution in [0.25, 0.3) is 93.1 Å². The molecule has 0 atom stereocenters. The number of hydrogen-bond acceptors (Lipinski definition) is 0. The number of fused-ring (bicyclic) bond motifs is 10. The van der Waals surface area contributed by atoms with Crippen molar-refractivity contribution in [1.29, 1.82) is 0 Å². The number of nitrogens with zero attached hydrogens (tertiary/aromatic N) is 1. The van der Waals surface area contributed by atoms with E-state index in [1.165, 1.54) is 115 Å². The second-order valence-corrected chi connectivity index (χ2v) is 15.7. The molecule has 0 aliphatic heterocycles. The fraction of sp³-hybridized carbons (Fsp3) is 0.0943. The molecule has 0 bridgehead atoms. The Morgan fingerprint density at radius 1 is 0.389 bits per heavy atom. The van der Waals surface area contributed by atoms with Gasteiger partial charge in [-0.25, -0.2) is 0 Å². The van der Waals surface area contributed by atoms with Crippen LogP contribution in [0.1, 0.15) is 36.2 Å². The average Bonchev–Trinajstić information content (AvgIpc) is 3.61. The highest BCUT2D eigenvalue weighted by molar-refractivity contribution is 6.20. The van der Waals surface area contributed by atoms with Crippen molar-refractivity contribution in [1.82, 2.24) is 4.57 Å². The fourth-order valence-electron chi connectivity index (χ4n) is 9.74. The van der Waals surface area contributed by atoms with Gasteiger partial charge >= 0.3 is 0 Å². The van der Waals surface area contributed by atoms with E-state index >= 15 is 0 Å². The predicted octanol–water partition coefficient (Wildman–Crippen LogP) is 14.5. The minimum atomic E-state index is -0.0379. The topological polar surface area (TPSA) is 4.93 Å². The maximum Gasteiger partial charge on any atom is 0.0612 e. The third kappa shape index (κ3) is 4.27. The molecule has 0 fully saturated rings. The molecule has 1 heterocycles. The predicted molar refractivity (Wildman–Crippen MR) is 231 cm³/mol. The number of aromatic nitrogens is 1. The third-order valence-corrected chi connectivity index (χ3v) is 12.6. The quantitative estimate of drug-likeness (QED) is 0.163. The Kier molecular flexibility index (Phi) is 6.50. The molecule has 9 aromatic carbocycles. The number of rotatable bonds is 3. The summed E-state index contributed by atoms with van der Waals surface area (Å²) in [6, 6.07) is 61.3. The molecule has 1 aliphatic rings. The van der Waals surface area contributed by atoms with E-state index in [0.717, 1.165) is 0 Å². The Morgan fingerprint density at radius 2 is 0.963 bits per heavy atom. The molecule has 1 aliphatic carbocycles. The largest absolute Gasteiger partial charge is 0.312 e. The highest BCUT2D eigenvalue weighted by Crippen LogP contribution is 2.50. The van der Waals surface area contributed by atoms with Crippen molar-refractivity contribution in [3.05, 3.63) is 186 Å². The zero-order chi connectivity index (χ0) is 36.3. The number of aryl methyl sites for hydroxylation is 1. The van der Waals surface area contributed by atoms with Crippen LogP contribution in [0.4, 0.5) is 0 Å². The molecule has 0 unspecified atom stereocenters. The molecular weight excluding hydrogens is 651 g/mol. The van der Waals surface area contributed by atoms with Crippen LogP contribution in [0, 0.1) is 13.8 Å². The molecule has 54 heavy (non-hydrogen) atoms. The lowest BCUT2D eigenvalue weighted by atomic mass is 9.81. The van der Waals surface area contributed by atoms with Gasteiger partial charge in [-0.3, -0.25) is 0 Å². The molecule has 0 N–H and O–H groups in total. The molecule has 0 radical (unpaired) electrons. The minimum Gasteiger partial charge on any atom is -0.312 e. The zero-order valence-corrected chi connectivity index (χ0v) is 31.0. The molecule has 256 valence electrons. The molecule has 1 nitrogen and oxygen atoms in total. The van der Waals surface area contributed by atoms with Gasteiger partial charge in [-0.15, -0.1) is 0 Å². The SMILES string of the molecule is Cc1c(C)n(-c2ccc(-c3ccc4ccccc4c3)c3ccccc23)c2c1ccc1c3cccc(-c4ccc5c(c4)C(C)(C)c4ccccc4-5)c3ccc12. The molecular formula is C53H39N. The summed E-state index contributed by atoms with van der Waals surface area (Å²) in [4.78, 5) is 0. The summed E-state index contributed by atoms with van der Waals surface area (Å²) < 4.78 is 2.52. The van der Waals surface area contributed by atoms with Crippen LogP contribution in [0.15, 0.2) is 164 Å². The summed E-state index contributed by atoms with van der Waals surface area (Å²) in [6.07, 6.45) is 0. The van der Waals surface area contributed by atoms with Crippen molar-refractivity contribution in [3.8, 4) is 39.1 Å². The summed E-state index contributed by atoms with van der Waals surface area (Å²) in [5, 5.41) is 11.5. The van der Waals surface area contributed by atoms with E-state index < -0.39 is 0 Å². The van der Waals surface area contributed by atoms with E-state index in [1.807, 2.05) is 0 Å². The van der Waals surface area contributed by atoms with Crippen molar-refractivity contribution in [2.45, 2.75) is 33.1 Å². The van der Waals surface area contributed by atoms with Gasteiger partial charge in [0.05, 0.1) is 11.2 Å². The average molecular weight is 690 g/mol. The van der Waals surface area contributed by atoms with Gasteiger partial charge in [0.15, 0.2) is 0 Å². The van der Waals surface area contributed by atoms with Crippen LogP contribution in [-0.4, -0.2) is 4.57 Å². The van der Waals surface area contributed by atoms with Crippen LogP contribution >= 0.6 is 0 Å². The van der Waals surface area contributed by atoms with Gasteiger partial charge in [0.25, 0.3) is 0 Å². The van der Waals surface area contributed by atoms with Crippen LogP contribution in [0.3, 0.4) is 0 Å². The first-order valence-corrected chi connectivity index (χ1v) is 19.1. The molecule has 0 saturated carbocycles. The first-order chi connectivity index (χ1) is 26.4. The Bertz CT molecular complexity index is 3210. The lowest BCUT2D eigenvalue weighted by Crippen LogP contribution is -2.14. The molecule has 10 aromatic rings. The Balaban J connectivity index is 1.11. The lowest BCUT2D eigenvalue weighted by Gasteiger charge is -2.22. The molecule has 1 heteroatoms. The lowest BCUT2D eigenvalue weighted by molar-refractivity contribution is 0.660. The van der Waals surface area contributed by atoms with Crippen LogP contribution in [-0.2, 0) is 5.41 Å². The van der Waals surface area contributed by atoms with Gasteiger partial charge in [0.2, 0.25) is 0 Å². The van der Waals surface area contributed by atoms with E-state index in [0.29, 0.717) is 0 Å². The fourth-order valence-corrected chi connectivity index (χ4v) is 9.74. The third-order valence-electron chi connectivity index (χ3n) is 12.6.